The van der Waals surface area contributed by atoms with Crippen LogP contribution in [0.3, 0.4) is 0 Å². The molecule has 1 heterocycles. The van der Waals surface area contributed by atoms with Gasteiger partial charge in [0.2, 0.25) is 0 Å². The van der Waals surface area contributed by atoms with Crippen LogP contribution in [0.15, 0.2) is 24.3 Å². The first-order chi connectivity index (χ1) is 11.8. The van der Waals surface area contributed by atoms with E-state index < -0.39 is 23.3 Å². The molecule has 2 aliphatic rings. The summed E-state index contributed by atoms with van der Waals surface area (Å²) in [4.78, 5) is 13.4. The van der Waals surface area contributed by atoms with E-state index in [1.54, 1.807) is 11.9 Å². The summed E-state index contributed by atoms with van der Waals surface area (Å²) in [5, 5.41) is 11.3. The predicted octanol–water partition coefficient (Wildman–Crippen LogP) is 3.52. The predicted molar refractivity (Wildman–Crippen MR) is 88.2 cm³/mol. The second-order valence-corrected chi connectivity index (χ2v) is 6.94. The molecule has 1 aliphatic carbocycles. The third kappa shape index (κ3) is 2.89. The van der Waals surface area contributed by atoms with Gasteiger partial charge in [0.25, 0.3) is 0 Å². The summed E-state index contributed by atoms with van der Waals surface area (Å²) >= 11 is 0. The largest absolute Gasteiger partial charge is 0.416 e. The van der Waals surface area contributed by atoms with Crippen molar-refractivity contribution in [2.45, 2.75) is 49.9 Å². The number of carbonyl (C=O) groups is 1. The summed E-state index contributed by atoms with van der Waals surface area (Å²) in [5.41, 5.74) is -0.921. The van der Waals surface area contributed by atoms with Crippen molar-refractivity contribution in [1.29, 1.82) is 5.41 Å². The van der Waals surface area contributed by atoms with E-state index in [-0.39, 0.29) is 11.9 Å². The summed E-state index contributed by atoms with van der Waals surface area (Å²) < 4.78 is 38.7. The molecule has 1 saturated carbocycles. The van der Waals surface area contributed by atoms with Gasteiger partial charge >= 0.3 is 6.18 Å². The maximum Gasteiger partial charge on any atom is 0.416 e. The lowest BCUT2D eigenvalue weighted by molar-refractivity contribution is -0.137. The van der Waals surface area contributed by atoms with Crippen molar-refractivity contribution in [2.75, 3.05) is 7.05 Å². The van der Waals surface area contributed by atoms with Crippen LogP contribution in [0.5, 0.6) is 0 Å². The van der Waals surface area contributed by atoms with E-state index in [9.17, 15) is 18.0 Å². The minimum Gasteiger partial charge on any atom is -0.344 e. The lowest BCUT2D eigenvalue weighted by atomic mass is 9.68. The van der Waals surface area contributed by atoms with Crippen LogP contribution in [-0.4, -0.2) is 30.2 Å². The quantitative estimate of drug-likeness (QED) is 0.818. The van der Waals surface area contributed by atoms with E-state index >= 15 is 0 Å². The zero-order valence-electron chi connectivity index (χ0n) is 14.1. The number of likely N-dealkylation sites (N-methyl/N-ethyl adjacent to an activating group) is 1. The van der Waals surface area contributed by atoms with Gasteiger partial charge in [-0.1, -0.05) is 31.4 Å². The van der Waals surface area contributed by atoms with Crippen molar-refractivity contribution in [3.8, 4) is 0 Å². The van der Waals surface area contributed by atoms with Crippen LogP contribution in [0, 0.1) is 11.3 Å². The lowest BCUT2D eigenvalue weighted by Gasteiger charge is -2.42. The highest BCUT2D eigenvalue weighted by molar-refractivity contribution is 5.86. The van der Waals surface area contributed by atoms with Crippen molar-refractivity contribution in [2.24, 2.45) is 5.92 Å². The van der Waals surface area contributed by atoms with Gasteiger partial charge in [0.1, 0.15) is 12.3 Å². The number of hydrogen-bond acceptors (Lipinski definition) is 2. The van der Waals surface area contributed by atoms with Crippen LogP contribution in [0.1, 0.15) is 43.2 Å². The number of nitrogens with zero attached hydrogens (tertiary/aromatic N) is 1. The van der Waals surface area contributed by atoms with Crippen LogP contribution in [0.2, 0.25) is 0 Å². The second-order valence-electron chi connectivity index (χ2n) is 6.94. The maximum absolute atomic E-state index is 12.9. The Morgan fingerprint density at radius 2 is 1.80 bits per heavy atom. The number of alkyl halides is 3. The number of rotatable bonds is 3. The summed E-state index contributed by atoms with van der Waals surface area (Å²) in [5.74, 6) is 0.223. The third-order valence-electron chi connectivity index (χ3n) is 5.63. The molecule has 4 nitrogen and oxygen atoms in total. The minimum atomic E-state index is -4.40. The molecule has 1 aliphatic heterocycles. The Bertz CT molecular complexity index is 653. The molecule has 2 N–H and O–H groups in total. The molecule has 1 aromatic carbocycles. The Hall–Kier alpha value is -2.05. The number of carbonyl (C=O) groups excluding carboxylic acids is 1. The molecule has 1 aromatic rings. The minimum absolute atomic E-state index is 0.0958. The fraction of sp³-hybridized carbons (Fsp3) is 0.556. The fourth-order valence-corrected chi connectivity index (χ4v) is 4.32. The molecule has 0 aromatic heterocycles. The molecular formula is C18H22F3N3O. The molecule has 7 heteroatoms. The van der Waals surface area contributed by atoms with Gasteiger partial charge in [-0.2, -0.15) is 13.2 Å². The summed E-state index contributed by atoms with van der Waals surface area (Å²) in [6.07, 6.45) is 1.36. The molecule has 2 unspecified atom stereocenters. The molecule has 2 fully saturated rings. The van der Waals surface area contributed by atoms with E-state index in [1.807, 2.05) is 0 Å². The van der Waals surface area contributed by atoms with E-state index in [2.05, 4.69) is 5.32 Å². The van der Waals surface area contributed by atoms with Crippen LogP contribution in [0.4, 0.5) is 13.2 Å². The van der Waals surface area contributed by atoms with E-state index in [0.717, 1.165) is 50.5 Å². The third-order valence-corrected chi connectivity index (χ3v) is 5.63. The van der Waals surface area contributed by atoms with E-state index in [1.165, 1.54) is 12.1 Å². The van der Waals surface area contributed by atoms with E-state index in [0.29, 0.717) is 5.56 Å². The maximum atomic E-state index is 12.9. The zero-order valence-corrected chi connectivity index (χ0v) is 14.1. The van der Waals surface area contributed by atoms with Crippen LogP contribution in [-0.2, 0) is 16.5 Å². The number of benzene rings is 1. The monoisotopic (exact) mass is 353 g/mol. The van der Waals surface area contributed by atoms with Crippen molar-refractivity contribution >= 4 is 12.2 Å². The number of guanidine groups is 1. The highest BCUT2D eigenvalue weighted by Crippen LogP contribution is 2.45. The first-order valence-corrected chi connectivity index (χ1v) is 8.53. The van der Waals surface area contributed by atoms with E-state index in [4.69, 9.17) is 5.41 Å². The fourth-order valence-electron chi connectivity index (χ4n) is 4.32. The number of hydrogen-bond donors (Lipinski definition) is 2. The summed E-state index contributed by atoms with van der Waals surface area (Å²) in [6.45, 7) is 0. The van der Waals surface area contributed by atoms with Gasteiger partial charge in [0, 0.05) is 7.05 Å². The standard InChI is InChI=1S/C18H22F3N3O/c1-24-15(11-25)17(23-16(24)22,12-5-3-2-4-6-12)13-7-9-14(10-8-13)18(19,20)21/h7-12,15H,2-6H2,1H3,(H2,22,23). The molecule has 0 spiro atoms. The normalized spacial score (nSPS) is 28.1. The average Bonchev–Trinajstić information content (AvgIpc) is 2.87. The number of aldehydes is 1. The number of halogens is 3. The lowest BCUT2D eigenvalue weighted by Crippen LogP contribution is -2.53. The Labute approximate surface area is 144 Å². The summed E-state index contributed by atoms with van der Waals surface area (Å²) in [7, 11) is 1.67. The average molecular weight is 353 g/mol. The zero-order chi connectivity index (χ0) is 18.2. The molecule has 25 heavy (non-hydrogen) atoms. The first kappa shape index (κ1) is 17.8. The molecule has 0 radical (unpaired) electrons. The smallest absolute Gasteiger partial charge is 0.344 e. The van der Waals surface area contributed by atoms with Gasteiger partial charge in [-0.3, -0.25) is 5.41 Å². The molecule has 0 amide bonds. The van der Waals surface area contributed by atoms with Gasteiger partial charge < -0.3 is 15.0 Å². The molecule has 136 valence electrons. The van der Waals surface area contributed by atoms with Crippen molar-refractivity contribution in [3.63, 3.8) is 0 Å². The van der Waals surface area contributed by atoms with Crippen LogP contribution < -0.4 is 5.32 Å². The molecular weight excluding hydrogens is 331 g/mol. The van der Waals surface area contributed by atoms with Gasteiger partial charge in [0.05, 0.1) is 11.1 Å². The van der Waals surface area contributed by atoms with Gasteiger partial charge in [0.15, 0.2) is 5.96 Å². The topological polar surface area (TPSA) is 56.2 Å². The Balaban J connectivity index is 2.08. The van der Waals surface area contributed by atoms with Crippen LogP contribution in [0.25, 0.3) is 0 Å². The van der Waals surface area contributed by atoms with Gasteiger partial charge in [-0.15, -0.1) is 0 Å². The molecule has 2 atom stereocenters. The van der Waals surface area contributed by atoms with Gasteiger partial charge in [-0.05, 0) is 36.5 Å². The second kappa shape index (κ2) is 6.35. The Morgan fingerprint density at radius 1 is 1.20 bits per heavy atom. The van der Waals surface area contributed by atoms with Gasteiger partial charge in [-0.25, -0.2) is 0 Å². The first-order valence-electron chi connectivity index (χ1n) is 8.53. The SMILES string of the molecule is CN1C(=N)NC(c2ccc(C(F)(F)F)cc2)(C2CCCCC2)C1C=O. The highest BCUT2D eigenvalue weighted by Gasteiger charge is 2.54. The Kier molecular flexibility index (Phi) is 4.51. The molecule has 0 bridgehead atoms. The van der Waals surface area contributed by atoms with Crippen molar-refractivity contribution < 1.29 is 18.0 Å². The Morgan fingerprint density at radius 3 is 2.32 bits per heavy atom. The number of nitrogens with one attached hydrogen (secondary N) is 2. The van der Waals surface area contributed by atoms with Crippen LogP contribution >= 0.6 is 0 Å². The molecule has 1 saturated heterocycles. The molecule has 3 rings (SSSR count). The van der Waals surface area contributed by atoms with Crippen molar-refractivity contribution in [1.82, 2.24) is 10.2 Å². The van der Waals surface area contributed by atoms with Crippen molar-refractivity contribution in [3.05, 3.63) is 35.4 Å². The highest BCUT2D eigenvalue weighted by atomic mass is 19.4. The summed E-state index contributed by atoms with van der Waals surface area (Å²) in [6, 6.07) is 4.41.